The molecule has 1 aromatic rings. The van der Waals surface area contributed by atoms with Gasteiger partial charge in [0, 0.05) is 29.6 Å². The third-order valence-electron chi connectivity index (χ3n) is 4.77. The number of carbonyl (C=O) groups excluding carboxylic acids is 1. The van der Waals surface area contributed by atoms with Crippen molar-refractivity contribution in [3.63, 3.8) is 0 Å². The van der Waals surface area contributed by atoms with Crippen molar-refractivity contribution in [2.45, 2.75) is 65.0 Å². The zero-order valence-corrected chi connectivity index (χ0v) is 12.5. The van der Waals surface area contributed by atoms with E-state index in [4.69, 9.17) is 4.74 Å². The molecule has 1 fully saturated rings. The van der Waals surface area contributed by atoms with Crippen molar-refractivity contribution in [3.8, 4) is 0 Å². The summed E-state index contributed by atoms with van der Waals surface area (Å²) < 4.78 is 8.39. The number of aldehydes is 1. The van der Waals surface area contributed by atoms with E-state index >= 15 is 0 Å². The van der Waals surface area contributed by atoms with Gasteiger partial charge in [-0.3, -0.25) is 4.79 Å². The fourth-order valence-electron chi connectivity index (χ4n) is 3.45. The molecule has 1 saturated heterocycles. The number of aryl methyl sites for hydroxylation is 1. The second-order valence-corrected chi connectivity index (χ2v) is 5.70. The van der Waals surface area contributed by atoms with Gasteiger partial charge in [-0.15, -0.1) is 0 Å². The zero-order valence-electron chi connectivity index (χ0n) is 12.5. The van der Waals surface area contributed by atoms with Crippen LogP contribution in [0.1, 0.15) is 67.3 Å². The minimum Gasteiger partial charge on any atom is -0.375 e. The van der Waals surface area contributed by atoms with E-state index in [1.54, 1.807) is 0 Å². The Balaban J connectivity index is 2.32. The monoisotopic (exact) mass is 263 g/mol. The molecule has 106 valence electrons. The smallest absolute Gasteiger partial charge is 0.151 e. The predicted octanol–water partition coefficient (Wildman–Crippen LogP) is 3.83. The Labute approximate surface area is 115 Å². The van der Waals surface area contributed by atoms with E-state index in [1.165, 1.54) is 5.69 Å². The molecule has 19 heavy (non-hydrogen) atoms. The summed E-state index contributed by atoms with van der Waals surface area (Å²) in [5.41, 5.74) is 3.13. The van der Waals surface area contributed by atoms with Crippen LogP contribution in [0, 0.1) is 13.8 Å². The molecule has 0 saturated carbocycles. The van der Waals surface area contributed by atoms with Crippen LogP contribution in [0.15, 0.2) is 6.07 Å². The van der Waals surface area contributed by atoms with Crippen molar-refractivity contribution in [1.29, 1.82) is 0 Å². The van der Waals surface area contributed by atoms with Crippen LogP contribution in [0.25, 0.3) is 0 Å². The molecule has 1 atom stereocenters. The molecule has 1 aliphatic rings. The maximum Gasteiger partial charge on any atom is 0.151 e. The Morgan fingerprint density at radius 2 is 2.11 bits per heavy atom. The van der Waals surface area contributed by atoms with Gasteiger partial charge in [0.05, 0.1) is 5.60 Å². The number of aromatic nitrogens is 1. The van der Waals surface area contributed by atoms with E-state index in [-0.39, 0.29) is 5.60 Å². The van der Waals surface area contributed by atoms with Gasteiger partial charge >= 0.3 is 0 Å². The molecule has 2 rings (SSSR count). The van der Waals surface area contributed by atoms with Crippen LogP contribution in [-0.2, 0) is 4.74 Å². The third-order valence-corrected chi connectivity index (χ3v) is 4.77. The van der Waals surface area contributed by atoms with Crippen LogP contribution in [0.5, 0.6) is 0 Å². The molecule has 0 bridgehead atoms. The normalized spacial score (nSPS) is 22.4. The molecule has 2 heterocycles. The molecule has 1 aromatic heterocycles. The van der Waals surface area contributed by atoms with Crippen LogP contribution in [-0.4, -0.2) is 23.1 Å². The van der Waals surface area contributed by atoms with Crippen molar-refractivity contribution >= 4 is 6.29 Å². The predicted molar refractivity (Wildman–Crippen MR) is 76.8 cm³/mol. The number of carbonyl (C=O) groups is 1. The summed E-state index contributed by atoms with van der Waals surface area (Å²) in [7, 11) is 0. The Bertz CT molecular complexity index is 458. The highest BCUT2D eigenvalue weighted by molar-refractivity contribution is 5.77. The maximum atomic E-state index is 11.1. The maximum absolute atomic E-state index is 11.1. The van der Waals surface area contributed by atoms with E-state index in [0.29, 0.717) is 6.04 Å². The Morgan fingerprint density at radius 1 is 1.42 bits per heavy atom. The standard InChI is InChI=1S/C16H25NO2/c1-5-16(6-2)10-15(7-8-19-16)17-12(3)9-14(11-18)13(17)4/h9,11,15H,5-8,10H2,1-4H3. The number of ether oxygens (including phenoxy) is 1. The summed E-state index contributed by atoms with van der Waals surface area (Å²) in [6.07, 6.45) is 5.16. The van der Waals surface area contributed by atoms with Crippen LogP contribution in [0.2, 0.25) is 0 Å². The second-order valence-electron chi connectivity index (χ2n) is 5.70. The molecule has 3 heteroatoms. The van der Waals surface area contributed by atoms with Crippen LogP contribution < -0.4 is 0 Å². The zero-order chi connectivity index (χ0) is 14.0. The van der Waals surface area contributed by atoms with Crippen molar-refractivity contribution < 1.29 is 9.53 Å². The molecule has 0 N–H and O–H groups in total. The molecule has 3 nitrogen and oxygen atoms in total. The fraction of sp³-hybridized carbons (Fsp3) is 0.688. The van der Waals surface area contributed by atoms with Gasteiger partial charge in [-0.05, 0) is 45.6 Å². The molecular weight excluding hydrogens is 238 g/mol. The fourth-order valence-corrected chi connectivity index (χ4v) is 3.45. The number of rotatable bonds is 4. The molecule has 1 unspecified atom stereocenters. The quantitative estimate of drug-likeness (QED) is 0.773. The summed E-state index contributed by atoms with van der Waals surface area (Å²) >= 11 is 0. The lowest BCUT2D eigenvalue weighted by Crippen LogP contribution is -2.39. The van der Waals surface area contributed by atoms with E-state index in [1.807, 2.05) is 13.0 Å². The van der Waals surface area contributed by atoms with Gasteiger partial charge in [0.1, 0.15) is 0 Å². The van der Waals surface area contributed by atoms with Crippen molar-refractivity contribution in [2.75, 3.05) is 6.61 Å². The number of nitrogens with zero attached hydrogens (tertiary/aromatic N) is 1. The first-order valence-electron chi connectivity index (χ1n) is 7.34. The van der Waals surface area contributed by atoms with Crippen molar-refractivity contribution in [2.24, 2.45) is 0 Å². The van der Waals surface area contributed by atoms with E-state index in [2.05, 4.69) is 25.3 Å². The summed E-state index contributed by atoms with van der Waals surface area (Å²) in [6.45, 7) is 9.37. The number of hydrogen-bond donors (Lipinski definition) is 0. The van der Waals surface area contributed by atoms with Crippen molar-refractivity contribution in [1.82, 2.24) is 4.57 Å². The summed E-state index contributed by atoms with van der Waals surface area (Å²) in [5, 5.41) is 0. The van der Waals surface area contributed by atoms with E-state index < -0.39 is 0 Å². The molecule has 0 radical (unpaired) electrons. The first-order chi connectivity index (χ1) is 9.06. The van der Waals surface area contributed by atoms with Gasteiger partial charge in [0.15, 0.2) is 6.29 Å². The summed E-state index contributed by atoms with van der Waals surface area (Å²) in [6, 6.07) is 2.46. The van der Waals surface area contributed by atoms with Gasteiger partial charge in [-0.1, -0.05) is 13.8 Å². The molecule has 0 amide bonds. The topological polar surface area (TPSA) is 31.2 Å². The van der Waals surface area contributed by atoms with Gasteiger partial charge < -0.3 is 9.30 Å². The lowest BCUT2D eigenvalue weighted by Gasteiger charge is -2.41. The van der Waals surface area contributed by atoms with Crippen LogP contribution >= 0.6 is 0 Å². The summed E-state index contributed by atoms with van der Waals surface area (Å²) in [4.78, 5) is 11.1. The minimum absolute atomic E-state index is 0.0212. The minimum atomic E-state index is 0.0212. The lowest BCUT2D eigenvalue weighted by atomic mass is 9.85. The van der Waals surface area contributed by atoms with Crippen LogP contribution in [0.3, 0.4) is 0 Å². The Hall–Kier alpha value is -1.09. The first-order valence-corrected chi connectivity index (χ1v) is 7.34. The van der Waals surface area contributed by atoms with Gasteiger partial charge in [0.2, 0.25) is 0 Å². The average molecular weight is 263 g/mol. The van der Waals surface area contributed by atoms with Crippen molar-refractivity contribution in [3.05, 3.63) is 23.0 Å². The third kappa shape index (κ3) is 2.48. The largest absolute Gasteiger partial charge is 0.375 e. The second kappa shape index (κ2) is 5.49. The first kappa shape index (κ1) is 14.3. The molecule has 1 aliphatic heterocycles. The van der Waals surface area contributed by atoms with E-state index in [9.17, 15) is 4.79 Å². The highest BCUT2D eigenvalue weighted by atomic mass is 16.5. The average Bonchev–Trinajstić information content (AvgIpc) is 2.73. The Morgan fingerprint density at radius 3 is 2.63 bits per heavy atom. The Kier molecular flexibility index (Phi) is 4.14. The molecule has 0 aliphatic carbocycles. The molecular formula is C16H25NO2. The van der Waals surface area contributed by atoms with Crippen LogP contribution in [0.4, 0.5) is 0 Å². The lowest BCUT2D eigenvalue weighted by molar-refractivity contribution is -0.0990. The highest BCUT2D eigenvalue weighted by Crippen LogP contribution is 2.38. The molecule has 0 spiro atoms. The van der Waals surface area contributed by atoms with Gasteiger partial charge in [0.25, 0.3) is 0 Å². The SMILES string of the molecule is CCC1(CC)CC(n2c(C)cc(C=O)c2C)CCO1. The number of hydrogen-bond acceptors (Lipinski definition) is 2. The van der Waals surface area contributed by atoms with Gasteiger partial charge in [-0.2, -0.15) is 0 Å². The molecule has 0 aromatic carbocycles. The van der Waals surface area contributed by atoms with Gasteiger partial charge in [-0.25, -0.2) is 0 Å². The summed E-state index contributed by atoms with van der Waals surface area (Å²) in [5.74, 6) is 0. The highest BCUT2D eigenvalue weighted by Gasteiger charge is 2.36. The van der Waals surface area contributed by atoms with E-state index in [0.717, 1.165) is 49.8 Å².